The Morgan fingerprint density at radius 3 is 1.90 bits per heavy atom. The van der Waals surface area contributed by atoms with Gasteiger partial charge in [0.1, 0.15) is 18.1 Å². The minimum Gasteiger partial charge on any atom is -0.480 e. The topological polar surface area (TPSA) is 217 Å². The molecule has 0 heterocycles. The van der Waals surface area contributed by atoms with Crippen molar-refractivity contribution in [2.75, 3.05) is 31.8 Å². The summed E-state index contributed by atoms with van der Waals surface area (Å²) in [5.74, 6) is -3.17. The average molecular weight is 452 g/mol. The van der Waals surface area contributed by atoms with Gasteiger partial charge in [-0.25, -0.2) is 4.79 Å². The van der Waals surface area contributed by atoms with Gasteiger partial charge in [0.15, 0.2) is 0 Å². The second kappa shape index (κ2) is 15.8. The quantitative estimate of drug-likeness (QED) is 0.109. The Kier molecular flexibility index (Phi) is 14.8. The third kappa shape index (κ3) is 10.7. The predicted octanol–water partition coefficient (Wildman–Crippen LogP) is -3.28. The molecule has 10 N–H and O–H groups in total. The molecule has 0 aromatic rings. The van der Waals surface area contributed by atoms with Crippen molar-refractivity contribution < 1.29 is 34.5 Å². The first-order valence-electron chi connectivity index (χ1n) is 9.51. The molecule has 174 valence electrons. The number of aliphatic carboxylic acids is 1. The van der Waals surface area contributed by atoms with Crippen LogP contribution in [0.3, 0.4) is 0 Å². The van der Waals surface area contributed by atoms with Crippen molar-refractivity contribution in [3.05, 3.63) is 0 Å². The summed E-state index contributed by atoms with van der Waals surface area (Å²) in [5, 5.41) is 34.1. The molecule has 12 nitrogen and oxygen atoms in total. The molecule has 0 bridgehead atoms. The van der Waals surface area contributed by atoms with Gasteiger partial charge in [-0.1, -0.05) is 6.42 Å². The van der Waals surface area contributed by atoms with E-state index in [0.29, 0.717) is 25.1 Å². The number of nitrogens with one attached hydrogen (secondary N) is 3. The van der Waals surface area contributed by atoms with Crippen molar-refractivity contribution in [3.63, 3.8) is 0 Å². The summed E-state index contributed by atoms with van der Waals surface area (Å²) in [4.78, 5) is 47.9. The number of carboxylic acids is 1. The normalized spacial score (nSPS) is 14.8. The molecule has 0 spiro atoms. The minimum absolute atomic E-state index is 0.252. The van der Waals surface area contributed by atoms with Gasteiger partial charge in [0.25, 0.3) is 0 Å². The Morgan fingerprint density at radius 1 is 0.867 bits per heavy atom. The molecule has 0 radical (unpaired) electrons. The number of hydrogen-bond acceptors (Lipinski definition) is 9. The molecule has 0 aromatic carbocycles. The largest absolute Gasteiger partial charge is 0.480 e. The summed E-state index contributed by atoms with van der Waals surface area (Å²) >= 11 is 1.45. The van der Waals surface area contributed by atoms with Crippen LogP contribution in [0.4, 0.5) is 0 Å². The van der Waals surface area contributed by atoms with Crippen molar-refractivity contribution >= 4 is 35.5 Å². The Labute approximate surface area is 179 Å². The van der Waals surface area contributed by atoms with Crippen LogP contribution >= 0.6 is 11.8 Å². The third-order valence-electron chi connectivity index (χ3n) is 4.16. The van der Waals surface area contributed by atoms with Gasteiger partial charge < -0.3 is 42.7 Å². The lowest BCUT2D eigenvalue weighted by Gasteiger charge is -2.24. The molecule has 4 unspecified atom stereocenters. The monoisotopic (exact) mass is 451 g/mol. The molecule has 3 amide bonds. The van der Waals surface area contributed by atoms with Crippen molar-refractivity contribution in [2.45, 2.75) is 49.9 Å². The van der Waals surface area contributed by atoms with Gasteiger partial charge in [-0.2, -0.15) is 11.8 Å². The highest BCUT2D eigenvalue weighted by Crippen LogP contribution is 2.04. The zero-order valence-electron chi connectivity index (χ0n) is 17.0. The molecule has 13 heteroatoms. The zero-order valence-corrected chi connectivity index (χ0v) is 17.8. The number of carboxylic acid groups (broad SMARTS) is 1. The lowest BCUT2D eigenvalue weighted by atomic mass is 10.1. The van der Waals surface area contributed by atoms with Gasteiger partial charge in [0, 0.05) is 0 Å². The minimum atomic E-state index is -1.58. The van der Waals surface area contributed by atoms with Crippen molar-refractivity contribution in [3.8, 4) is 0 Å². The number of aliphatic hydroxyl groups excluding tert-OH is 2. The highest BCUT2D eigenvalue weighted by molar-refractivity contribution is 7.98. The molecular weight excluding hydrogens is 418 g/mol. The maximum absolute atomic E-state index is 12.6. The number of nitrogens with two attached hydrogens (primary N) is 2. The van der Waals surface area contributed by atoms with E-state index in [0.717, 1.165) is 6.42 Å². The van der Waals surface area contributed by atoms with Gasteiger partial charge in [-0.15, -0.1) is 0 Å². The van der Waals surface area contributed by atoms with Gasteiger partial charge >= 0.3 is 5.97 Å². The highest BCUT2D eigenvalue weighted by Gasteiger charge is 2.29. The Morgan fingerprint density at radius 2 is 1.40 bits per heavy atom. The van der Waals surface area contributed by atoms with Crippen molar-refractivity contribution in [1.29, 1.82) is 0 Å². The van der Waals surface area contributed by atoms with Crippen LogP contribution in [0.1, 0.15) is 25.7 Å². The summed E-state index contributed by atoms with van der Waals surface area (Å²) in [6.07, 6.45) is 3.85. The van der Waals surface area contributed by atoms with E-state index in [2.05, 4.69) is 10.6 Å². The lowest BCUT2D eigenvalue weighted by Crippen LogP contribution is -2.58. The Hall–Kier alpha value is -1.93. The van der Waals surface area contributed by atoms with Crippen LogP contribution < -0.4 is 27.4 Å². The standard InChI is InChI=1S/C17H33N5O7S/c1-30-7-5-11(20-14(25)10(19)4-2-3-6-18)15(26)21-12(8-23)16(27)22-13(9-24)17(28)29/h10-13,23-24H,2-9,18-19H2,1H3,(H,20,25)(H,21,26)(H,22,27)(H,28,29). The molecule has 30 heavy (non-hydrogen) atoms. The summed E-state index contributed by atoms with van der Waals surface area (Å²) in [6, 6.07) is -4.86. The molecule has 0 aromatic heterocycles. The second-order valence-corrected chi connectivity index (χ2v) is 7.54. The van der Waals surface area contributed by atoms with Crippen LogP contribution in [0.25, 0.3) is 0 Å². The molecule has 0 aliphatic carbocycles. The Bertz CT molecular complexity index is 567. The first kappa shape index (κ1) is 28.1. The van der Waals surface area contributed by atoms with Crippen LogP contribution in [0.2, 0.25) is 0 Å². The first-order valence-corrected chi connectivity index (χ1v) is 10.9. The maximum atomic E-state index is 12.6. The molecule has 0 saturated heterocycles. The van der Waals surface area contributed by atoms with E-state index in [9.17, 15) is 24.3 Å². The van der Waals surface area contributed by atoms with E-state index in [1.165, 1.54) is 11.8 Å². The number of thioether (sulfide) groups is 1. The predicted molar refractivity (Wildman–Crippen MR) is 111 cm³/mol. The van der Waals surface area contributed by atoms with E-state index in [1.54, 1.807) is 0 Å². The van der Waals surface area contributed by atoms with E-state index in [-0.39, 0.29) is 6.42 Å². The summed E-state index contributed by atoms with van der Waals surface area (Å²) in [5.41, 5.74) is 11.2. The van der Waals surface area contributed by atoms with Gasteiger partial charge in [-0.05, 0) is 37.8 Å². The molecule has 0 aliphatic heterocycles. The first-order chi connectivity index (χ1) is 14.2. The zero-order chi connectivity index (χ0) is 23.1. The van der Waals surface area contributed by atoms with Crippen LogP contribution in [-0.4, -0.2) is 94.9 Å². The maximum Gasteiger partial charge on any atom is 0.328 e. The third-order valence-corrected chi connectivity index (χ3v) is 4.81. The second-order valence-electron chi connectivity index (χ2n) is 6.56. The number of unbranched alkanes of at least 4 members (excludes halogenated alkanes) is 1. The lowest BCUT2D eigenvalue weighted by molar-refractivity contribution is -0.143. The summed E-state index contributed by atoms with van der Waals surface area (Å²) in [7, 11) is 0. The van der Waals surface area contributed by atoms with Crippen LogP contribution in [0.5, 0.6) is 0 Å². The van der Waals surface area contributed by atoms with Crippen LogP contribution in [0, 0.1) is 0 Å². The van der Waals surface area contributed by atoms with Crippen molar-refractivity contribution in [2.24, 2.45) is 11.5 Å². The molecular formula is C17H33N5O7S. The summed E-state index contributed by atoms with van der Waals surface area (Å²) < 4.78 is 0. The number of hydrogen-bond donors (Lipinski definition) is 8. The van der Waals surface area contributed by atoms with E-state index >= 15 is 0 Å². The van der Waals surface area contributed by atoms with E-state index in [4.69, 9.17) is 21.7 Å². The molecule has 0 aliphatic rings. The van der Waals surface area contributed by atoms with E-state index < -0.39 is 61.1 Å². The highest BCUT2D eigenvalue weighted by atomic mass is 32.2. The average Bonchev–Trinajstić information content (AvgIpc) is 2.72. The molecule has 0 fully saturated rings. The van der Waals surface area contributed by atoms with Gasteiger partial charge in [-0.3, -0.25) is 14.4 Å². The number of rotatable bonds is 16. The fourth-order valence-corrected chi connectivity index (χ4v) is 2.82. The molecule has 4 atom stereocenters. The fraction of sp³-hybridized carbons (Fsp3) is 0.765. The number of carbonyl (C=O) groups excluding carboxylic acids is 3. The summed E-state index contributed by atoms with van der Waals surface area (Å²) in [6.45, 7) is -1.19. The number of carbonyl (C=O) groups is 4. The van der Waals surface area contributed by atoms with Crippen LogP contribution in [0.15, 0.2) is 0 Å². The van der Waals surface area contributed by atoms with E-state index in [1.807, 2.05) is 11.6 Å². The van der Waals surface area contributed by atoms with Gasteiger partial charge in [0.2, 0.25) is 17.7 Å². The molecule has 0 saturated carbocycles. The van der Waals surface area contributed by atoms with Crippen molar-refractivity contribution in [1.82, 2.24) is 16.0 Å². The van der Waals surface area contributed by atoms with Gasteiger partial charge in [0.05, 0.1) is 19.3 Å². The fourth-order valence-electron chi connectivity index (χ4n) is 2.35. The SMILES string of the molecule is CSCCC(NC(=O)C(N)CCCCN)C(=O)NC(CO)C(=O)NC(CO)C(=O)O. The number of amides is 3. The number of aliphatic hydroxyl groups is 2. The van der Waals surface area contributed by atoms with Crippen LogP contribution in [-0.2, 0) is 19.2 Å². The Balaban J connectivity index is 5.02. The smallest absolute Gasteiger partial charge is 0.328 e. The molecule has 0 rings (SSSR count).